The first-order chi connectivity index (χ1) is 9.69. The molecule has 0 bridgehead atoms. The fraction of sp³-hybridized carbons (Fsp3) is 0.143. The highest BCUT2D eigenvalue weighted by Crippen LogP contribution is 2.16. The Morgan fingerprint density at radius 3 is 2.50 bits per heavy atom. The highest BCUT2D eigenvalue weighted by molar-refractivity contribution is 7.14. The van der Waals surface area contributed by atoms with Crippen LogP contribution in [0.1, 0.15) is 17.3 Å². The first-order valence-corrected chi connectivity index (χ1v) is 6.95. The Labute approximate surface area is 120 Å². The molecule has 0 atom stereocenters. The molecular formula is C14H14N2O3S. The lowest BCUT2D eigenvalue weighted by atomic mass is 10.2. The van der Waals surface area contributed by atoms with Crippen molar-refractivity contribution in [3.8, 4) is 0 Å². The zero-order chi connectivity index (χ0) is 14.4. The summed E-state index contributed by atoms with van der Waals surface area (Å²) < 4.78 is 4.88. The largest absolute Gasteiger partial charge is 0.462 e. The predicted molar refractivity (Wildman–Crippen MR) is 79.4 cm³/mol. The third kappa shape index (κ3) is 3.83. The molecule has 0 saturated carbocycles. The summed E-state index contributed by atoms with van der Waals surface area (Å²) in [4.78, 5) is 23.2. The van der Waals surface area contributed by atoms with Gasteiger partial charge in [-0.05, 0) is 48.7 Å². The van der Waals surface area contributed by atoms with Crippen molar-refractivity contribution in [3.05, 3.63) is 47.3 Å². The molecule has 20 heavy (non-hydrogen) atoms. The Morgan fingerprint density at radius 2 is 1.90 bits per heavy atom. The van der Waals surface area contributed by atoms with Crippen LogP contribution in [0.25, 0.3) is 0 Å². The second-order valence-electron chi connectivity index (χ2n) is 3.85. The van der Waals surface area contributed by atoms with Crippen molar-refractivity contribution in [1.29, 1.82) is 0 Å². The Hall–Kier alpha value is -2.34. The Morgan fingerprint density at radius 1 is 1.15 bits per heavy atom. The van der Waals surface area contributed by atoms with E-state index in [4.69, 9.17) is 4.74 Å². The third-order valence-electron chi connectivity index (χ3n) is 2.41. The monoisotopic (exact) mass is 290 g/mol. The van der Waals surface area contributed by atoms with Crippen molar-refractivity contribution in [2.24, 2.45) is 0 Å². The first kappa shape index (κ1) is 14.1. The molecule has 104 valence electrons. The average molecular weight is 290 g/mol. The van der Waals surface area contributed by atoms with E-state index < -0.39 is 0 Å². The molecule has 2 N–H and O–H groups in total. The number of thiophene rings is 1. The number of carbonyl (C=O) groups is 2. The lowest BCUT2D eigenvalue weighted by Gasteiger charge is -2.07. The molecule has 6 heteroatoms. The van der Waals surface area contributed by atoms with Crippen LogP contribution < -0.4 is 10.6 Å². The van der Waals surface area contributed by atoms with Crippen LogP contribution in [-0.4, -0.2) is 18.6 Å². The number of esters is 1. The SMILES string of the molecule is CCOC(=O)c1ccc(NC(=O)Nc2cccs2)cc1. The third-order valence-corrected chi connectivity index (χ3v) is 3.20. The number of ether oxygens (including phenoxy) is 1. The molecule has 5 nitrogen and oxygen atoms in total. The summed E-state index contributed by atoms with van der Waals surface area (Å²) in [6, 6.07) is 9.87. The number of hydrogen-bond donors (Lipinski definition) is 2. The lowest BCUT2D eigenvalue weighted by Crippen LogP contribution is -2.18. The van der Waals surface area contributed by atoms with E-state index in [1.807, 2.05) is 17.5 Å². The summed E-state index contributed by atoms with van der Waals surface area (Å²) >= 11 is 1.44. The molecule has 0 aliphatic rings. The van der Waals surface area contributed by atoms with Crippen LogP contribution in [0.5, 0.6) is 0 Å². The van der Waals surface area contributed by atoms with Crippen LogP contribution in [-0.2, 0) is 4.74 Å². The van der Waals surface area contributed by atoms with Gasteiger partial charge in [0.25, 0.3) is 0 Å². The Kier molecular flexibility index (Phi) is 4.73. The second kappa shape index (κ2) is 6.72. The number of benzene rings is 1. The van der Waals surface area contributed by atoms with Crippen LogP contribution in [0.4, 0.5) is 15.5 Å². The fourth-order valence-corrected chi connectivity index (χ4v) is 2.14. The minimum atomic E-state index is -0.373. The quantitative estimate of drug-likeness (QED) is 0.846. The van der Waals surface area contributed by atoms with Gasteiger partial charge < -0.3 is 10.1 Å². The zero-order valence-electron chi connectivity index (χ0n) is 10.9. The van der Waals surface area contributed by atoms with Crippen LogP contribution >= 0.6 is 11.3 Å². The van der Waals surface area contributed by atoms with Gasteiger partial charge in [0.2, 0.25) is 0 Å². The van der Waals surface area contributed by atoms with Crippen LogP contribution in [0.2, 0.25) is 0 Å². The zero-order valence-corrected chi connectivity index (χ0v) is 11.7. The molecule has 0 unspecified atom stereocenters. The molecule has 0 radical (unpaired) electrons. The molecule has 1 heterocycles. The first-order valence-electron chi connectivity index (χ1n) is 6.07. The highest BCUT2D eigenvalue weighted by atomic mass is 32.1. The van der Waals surface area contributed by atoms with Gasteiger partial charge in [-0.25, -0.2) is 9.59 Å². The molecule has 1 aromatic carbocycles. The molecule has 2 rings (SSSR count). The van der Waals surface area contributed by atoms with Crippen LogP contribution in [0.15, 0.2) is 41.8 Å². The molecule has 0 aliphatic heterocycles. The van der Waals surface area contributed by atoms with Crippen molar-refractivity contribution < 1.29 is 14.3 Å². The maximum Gasteiger partial charge on any atom is 0.338 e. The maximum atomic E-state index is 11.7. The maximum absolute atomic E-state index is 11.7. The van der Waals surface area contributed by atoms with E-state index in [9.17, 15) is 9.59 Å². The van der Waals surface area contributed by atoms with Crippen molar-refractivity contribution in [3.63, 3.8) is 0 Å². The van der Waals surface area contributed by atoms with E-state index in [0.717, 1.165) is 5.00 Å². The number of urea groups is 1. The van der Waals surface area contributed by atoms with Gasteiger partial charge in [0, 0.05) is 5.69 Å². The lowest BCUT2D eigenvalue weighted by molar-refractivity contribution is 0.0526. The van der Waals surface area contributed by atoms with E-state index in [1.165, 1.54) is 11.3 Å². The summed E-state index contributed by atoms with van der Waals surface area (Å²) in [5.74, 6) is -0.373. The highest BCUT2D eigenvalue weighted by Gasteiger charge is 2.07. The standard InChI is InChI=1S/C14H14N2O3S/c1-2-19-13(17)10-5-7-11(8-6-10)15-14(18)16-12-4-3-9-20-12/h3-9H,2H2,1H3,(H2,15,16,18). The van der Waals surface area contributed by atoms with Crippen LogP contribution in [0, 0.1) is 0 Å². The van der Waals surface area contributed by atoms with Gasteiger partial charge in [-0.1, -0.05) is 0 Å². The number of carbonyl (C=O) groups excluding carboxylic acids is 2. The van der Waals surface area contributed by atoms with Gasteiger partial charge in [-0.15, -0.1) is 11.3 Å². The summed E-state index contributed by atoms with van der Waals surface area (Å²) in [7, 11) is 0. The van der Waals surface area contributed by atoms with Crippen molar-refractivity contribution in [2.75, 3.05) is 17.2 Å². The van der Waals surface area contributed by atoms with Gasteiger partial charge in [-0.3, -0.25) is 5.32 Å². The minimum absolute atomic E-state index is 0.323. The smallest absolute Gasteiger partial charge is 0.338 e. The van der Waals surface area contributed by atoms with E-state index in [1.54, 1.807) is 31.2 Å². The predicted octanol–water partition coefficient (Wildman–Crippen LogP) is 3.57. The normalized spacial score (nSPS) is 9.85. The molecular weight excluding hydrogens is 276 g/mol. The van der Waals surface area contributed by atoms with E-state index >= 15 is 0 Å². The van der Waals surface area contributed by atoms with Gasteiger partial charge in [-0.2, -0.15) is 0 Å². The van der Waals surface area contributed by atoms with Crippen molar-refractivity contribution >= 4 is 34.0 Å². The molecule has 2 amide bonds. The van der Waals surface area contributed by atoms with E-state index in [-0.39, 0.29) is 12.0 Å². The molecule has 1 aromatic heterocycles. The molecule has 0 aliphatic carbocycles. The summed E-state index contributed by atoms with van der Waals surface area (Å²) in [5.41, 5.74) is 1.06. The number of rotatable bonds is 4. The van der Waals surface area contributed by atoms with Gasteiger partial charge in [0.05, 0.1) is 17.2 Å². The molecule has 0 saturated heterocycles. The Bertz CT molecular complexity index is 579. The van der Waals surface area contributed by atoms with Gasteiger partial charge in [0.15, 0.2) is 0 Å². The molecule has 2 aromatic rings. The average Bonchev–Trinajstić information content (AvgIpc) is 2.92. The van der Waals surface area contributed by atoms with E-state index in [2.05, 4.69) is 10.6 Å². The van der Waals surface area contributed by atoms with Gasteiger partial charge in [0.1, 0.15) is 0 Å². The summed E-state index contributed by atoms with van der Waals surface area (Å²) in [6.07, 6.45) is 0. The van der Waals surface area contributed by atoms with Crippen LogP contribution in [0.3, 0.4) is 0 Å². The van der Waals surface area contributed by atoms with Crippen molar-refractivity contribution in [1.82, 2.24) is 0 Å². The summed E-state index contributed by atoms with van der Waals surface area (Å²) in [6.45, 7) is 2.09. The summed E-state index contributed by atoms with van der Waals surface area (Å²) in [5, 5.41) is 8.04. The number of hydrogen-bond acceptors (Lipinski definition) is 4. The number of amides is 2. The molecule has 0 fully saturated rings. The minimum Gasteiger partial charge on any atom is -0.462 e. The Balaban J connectivity index is 1.93. The van der Waals surface area contributed by atoms with Crippen molar-refractivity contribution in [2.45, 2.75) is 6.92 Å². The number of anilines is 2. The van der Waals surface area contributed by atoms with E-state index in [0.29, 0.717) is 17.9 Å². The second-order valence-corrected chi connectivity index (χ2v) is 4.80. The topological polar surface area (TPSA) is 67.4 Å². The van der Waals surface area contributed by atoms with Gasteiger partial charge >= 0.3 is 12.0 Å². The fourth-order valence-electron chi connectivity index (χ4n) is 1.53. The number of nitrogens with one attached hydrogen (secondary N) is 2. The molecule has 0 spiro atoms.